The van der Waals surface area contributed by atoms with Crippen LogP contribution >= 0.6 is 24.0 Å². The molecule has 0 amide bonds. The van der Waals surface area contributed by atoms with E-state index in [-0.39, 0.29) is 30.0 Å². The van der Waals surface area contributed by atoms with Crippen molar-refractivity contribution in [3.8, 4) is 5.75 Å². The fourth-order valence-electron chi connectivity index (χ4n) is 4.05. The summed E-state index contributed by atoms with van der Waals surface area (Å²) in [4.78, 5) is 7.38. The lowest BCUT2D eigenvalue weighted by atomic mass is 10.1. The zero-order valence-corrected chi connectivity index (χ0v) is 21.8. The molecule has 0 bridgehead atoms. The normalized spacial score (nSPS) is 15.2. The summed E-state index contributed by atoms with van der Waals surface area (Å²) in [6.07, 6.45) is 2.51. The number of halogens is 1. The van der Waals surface area contributed by atoms with E-state index in [1.807, 2.05) is 6.07 Å². The molecular weight excluding hydrogens is 515 g/mol. The third-order valence-electron chi connectivity index (χ3n) is 5.59. The molecule has 0 spiro atoms. The van der Waals surface area contributed by atoms with Gasteiger partial charge in [0.05, 0.1) is 26.3 Å². The van der Waals surface area contributed by atoms with Crippen molar-refractivity contribution in [3.63, 3.8) is 0 Å². The highest BCUT2D eigenvalue weighted by molar-refractivity contribution is 14.0. The molecule has 1 heterocycles. The summed E-state index contributed by atoms with van der Waals surface area (Å²) in [6.45, 7) is 7.21. The van der Waals surface area contributed by atoms with Gasteiger partial charge in [0, 0.05) is 20.2 Å². The molecule has 176 valence electrons. The molecule has 2 aromatic rings. The first kappa shape index (κ1) is 26.4. The molecule has 3 rings (SSSR count). The Morgan fingerprint density at radius 1 is 1.03 bits per heavy atom. The molecule has 0 aromatic heterocycles. The number of rotatable bonds is 10. The highest BCUT2D eigenvalue weighted by atomic mass is 127. The minimum Gasteiger partial charge on any atom is -0.497 e. The summed E-state index contributed by atoms with van der Waals surface area (Å²) in [6, 6.07) is 17.1. The van der Waals surface area contributed by atoms with E-state index in [4.69, 9.17) is 14.5 Å². The average Bonchev–Trinajstić information content (AvgIpc) is 3.33. The fourth-order valence-corrected chi connectivity index (χ4v) is 4.05. The van der Waals surface area contributed by atoms with Crippen molar-refractivity contribution in [1.82, 2.24) is 15.5 Å². The number of aliphatic imine (C=N–C) groups is 1. The van der Waals surface area contributed by atoms with E-state index in [0.29, 0.717) is 13.2 Å². The Morgan fingerprint density at radius 3 is 2.50 bits per heavy atom. The van der Waals surface area contributed by atoms with Gasteiger partial charge in [0.25, 0.3) is 0 Å². The van der Waals surface area contributed by atoms with E-state index < -0.39 is 0 Å². The first-order valence-corrected chi connectivity index (χ1v) is 11.2. The number of nitrogens with zero attached hydrogens (tertiary/aromatic N) is 2. The first-order chi connectivity index (χ1) is 15.2. The summed E-state index contributed by atoms with van der Waals surface area (Å²) in [7, 11) is 3.44. The SMILES string of the molecule is CCNC(=NCc1cccc(COC)c1)NCC(c1cccc(OC)c1)N1CCCC1.I. The predicted octanol–water partition coefficient (Wildman–Crippen LogP) is 4.35. The minimum atomic E-state index is 0. The number of hydrogen-bond acceptors (Lipinski definition) is 4. The van der Waals surface area contributed by atoms with Crippen molar-refractivity contribution < 1.29 is 9.47 Å². The van der Waals surface area contributed by atoms with Gasteiger partial charge in [-0.3, -0.25) is 4.90 Å². The molecular formula is C25H37IN4O2. The molecule has 2 aromatic carbocycles. The summed E-state index contributed by atoms with van der Waals surface area (Å²) in [5.41, 5.74) is 3.62. The molecule has 6 nitrogen and oxygen atoms in total. The number of benzene rings is 2. The minimum absolute atomic E-state index is 0. The van der Waals surface area contributed by atoms with Crippen molar-refractivity contribution in [3.05, 3.63) is 65.2 Å². The van der Waals surface area contributed by atoms with Gasteiger partial charge in [-0.15, -0.1) is 24.0 Å². The molecule has 32 heavy (non-hydrogen) atoms. The zero-order valence-electron chi connectivity index (χ0n) is 19.5. The maximum Gasteiger partial charge on any atom is 0.191 e. The summed E-state index contributed by atoms with van der Waals surface area (Å²) in [5.74, 6) is 1.74. The molecule has 7 heteroatoms. The van der Waals surface area contributed by atoms with Crippen molar-refractivity contribution in [2.75, 3.05) is 40.4 Å². The fraction of sp³-hybridized carbons (Fsp3) is 0.480. The number of methoxy groups -OCH3 is 2. The van der Waals surface area contributed by atoms with E-state index in [1.54, 1.807) is 14.2 Å². The van der Waals surface area contributed by atoms with Crippen molar-refractivity contribution in [2.45, 2.75) is 39.0 Å². The van der Waals surface area contributed by atoms with Gasteiger partial charge < -0.3 is 20.1 Å². The van der Waals surface area contributed by atoms with Gasteiger partial charge in [-0.25, -0.2) is 4.99 Å². The van der Waals surface area contributed by atoms with Gasteiger partial charge in [-0.2, -0.15) is 0 Å². The monoisotopic (exact) mass is 552 g/mol. The van der Waals surface area contributed by atoms with E-state index in [9.17, 15) is 0 Å². The Kier molecular flexibility index (Phi) is 11.8. The lowest BCUT2D eigenvalue weighted by Gasteiger charge is -2.29. The number of hydrogen-bond donors (Lipinski definition) is 2. The van der Waals surface area contributed by atoms with Crippen LogP contribution in [-0.2, 0) is 17.9 Å². The third-order valence-corrected chi connectivity index (χ3v) is 5.59. The van der Waals surface area contributed by atoms with Crippen LogP contribution in [0.5, 0.6) is 5.75 Å². The molecule has 0 saturated carbocycles. The van der Waals surface area contributed by atoms with Crippen molar-refractivity contribution >= 4 is 29.9 Å². The van der Waals surface area contributed by atoms with Gasteiger partial charge in [0.1, 0.15) is 5.75 Å². The predicted molar refractivity (Wildman–Crippen MR) is 142 cm³/mol. The van der Waals surface area contributed by atoms with Crippen LogP contribution < -0.4 is 15.4 Å². The van der Waals surface area contributed by atoms with Crippen LogP contribution in [0.2, 0.25) is 0 Å². The van der Waals surface area contributed by atoms with Crippen molar-refractivity contribution in [1.29, 1.82) is 0 Å². The van der Waals surface area contributed by atoms with Crippen LogP contribution in [0.4, 0.5) is 0 Å². The quantitative estimate of drug-likeness (QED) is 0.261. The number of ether oxygens (including phenoxy) is 2. The highest BCUT2D eigenvalue weighted by Gasteiger charge is 2.24. The van der Waals surface area contributed by atoms with Gasteiger partial charge in [0.15, 0.2) is 5.96 Å². The number of guanidine groups is 1. The van der Waals surface area contributed by atoms with Crippen LogP contribution in [-0.4, -0.2) is 51.3 Å². The Bertz CT molecular complexity index is 840. The molecule has 1 aliphatic rings. The second-order valence-electron chi connectivity index (χ2n) is 7.86. The molecule has 0 aliphatic carbocycles. The Labute approximate surface area is 209 Å². The topological polar surface area (TPSA) is 58.1 Å². The molecule has 1 aliphatic heterocycles. The largest absolute Gasteiger partial charge is 0.497 e. The second kappa shape index (κ2) is 14.3. The maximum absolute atomic E-state index is 5.46. The van der Waals surface area contributed by atoms with Crippen LogP contribution in [0.3, 0.4) is 0 Å². The Balaban J connectivity index is 0.00000363. The van der Waals surface area contributed by atoms with Crippen LogP contribution in [0.25, 0.3) is 0 Å². The van der Waals surface area contributed by atoms with E-state index in [1.165, 1.54) is 29.5 Å². The Hall–Kier alpha value is -1.84. The molecule has 1 atom stereocenters. The summed E-state index contributed by atoms with van der Waals surface area (Å²) in [5, 5.41) is 6.96. The van der Waals surface area contributed by atoms with E-state index in [2.05, 4.69) is 64.9 Å². The molecule has 0 radical (unpaired) electrons. The standard InChI is InChI=1S/C25H36N4O2.HI/c1-4-26-25(27-17-20-9-7-10-21(15-20)19-30-2)28-18-24(29-13-5-6-14-29)22-11-8-12-23(16-22)31-3;/h7-12,15-16,24H,4-6,13-14,17-19H2,1-3H3,(H2,26,27,28);1H. The molecule has 1 saturated heterocycles. The third kappa shape index (κ3) is 7.94. The Morgan fingerprint density at radius 2 is 1.78 bits per heavy atom. The lowest BCUT2D eigenvalue weighted by molar-refractivity contribution is 0.185. The maximum atomic E-state index is 5.46. The van der Waals surface area contributed by atoms with Gasteiger partial charge >= 0.3 is 0 Å². The zero-order chi connectivity index (χ0) is 21.9. The molecule has 2 N–H and O–H groups in total. The molecule has 1 fully saturated rings. The van der Waals surface area contributed by atoms with E-state index >= 15 is 0 Å². The van der Waals surface area contributed by atoms with Crippen LogP contribution in [0.15, 0.2) is 53.5 Å². The van der Waals surface area contributed by atoms with Crippen LogP contribution in [0.1, 0.15) is 42.5 Å². The van der Waals surface area contributed by atoms with Crippen molar-refractivity contribution in [2.24, 2.45) is 4.99 Å². The van der Waals surface area contributed by atoms with Crippen LogP contribution in [0, 0.1) is 0 Å². The number of likely N-dealkylation sites (tertiary alicyclic amines) is 1. The second-order valence-corrected chi connectivity index (χ2v) is 7.86. The first-order valence-electron chi connectivity index (χ1n) is 11.2. The highest BCUT2D eigenvalue weighted by Crippen LogP contribution is 2.27. The smallest absolute Gasteiger partial charge is 0.191 e. The molecule has 1 unspecified atom stereocenters. The van der Waals surface area contributed by atoms with E-state index in [0.717, 1.165) is 37.9 Å². The van der Waals surface area contributed by atoms with Gasteiger partial charge in [-0.1, -0.05) is 36.4 Å². The average molecular weight is 553 g/mol. The summed E-state index contributed by atoms with van der Waals surface area (Å²) < 4.78 is 10.7. The summed E-state index contributed by atoms with van der Waals surface area (Å²) >= 11 is 0. The lowest BCUT2D eigenvalue weighted by Crippen LogP contribution is -2.42. The van der Waals surface area contributed by atoms with Gasteiger partial charge in [0.2, 0.25) is 0 Å². The number of nitrogens with one attached hydrogen (secondary N) is 2. The van der Waals surface area contributed by atoms with Gasteiger partial charge in [-0.05, 0) is 61.7 Å².